The summed E-state index contributed by atoms with van der Waals surface area (Å²) in [4.78, 5) is 10.9. The summed E-state index contributed by atoms with van der Waals surface area (Å²) in [5.41, 5.74) is -1.77. The van der Waals surface area contributed by atoms with Crippen molar-refractivity contribution in [3.63, 3.8) is 0 Å². The Morgan fingerprint density at radius 3 is 2.29 bits per heavy atom. The predicted octanol–water partition coefficient (Wildman–Crippen LogP) is 1.74. The summed E-state index contributed by atoms with van der Waals surface area (Å²) in [6.07, 6.45) is -6.58. The molecule has 1 aromatic carbocycles. The van der Waals surface area contributed by atoms with Gasteiger partial charge in [0.05, 0.1) is 17.8 Å². The molecule has 1 atom stereocenters. The van der Waals surface area contributed by atoms with Gasteiger partial charge in [-0.05, 0) is 18.2 Å². The van der Waals surface area contributed by atoms with E-state index in [-0.39, 0.29) is 4.31 Å². The molecular weight excluding hydrogens is 322 g/mol. The van der Waals surface area contributed by atoms with Gasteiger partial charge in [0.25, 0.3) is 6.43 Å². The number of anilines is 1. The number of nitrogens with zero attached hydrogens (tertiary/aromatic N) is 1. The van der Waals surface area contributed by atoms with Crippen LogP contribution in [0.3, 0.4) is 0 Å². The lowest BCUT2D eigenvalue weighted by molar-refractivity contribution is 0.0552. The van der Waals surface area contributed by atoms with Crippen molar-refractivity contribution in [2.45, 2.75) is 12.6 Å². The van der Waals surface area contributed by atoms with Crippen molar-refractivity contribution in [2.24, 2.45) is 0 Å². The third-order valence-corrected chi connectivity index (χ3v) is 3.25. The lowest BCUT2D eigenvalue weighted by atomic mass is 10.1. The van der Waals surface area contributed by atoms with Gasteiger partial charge >= 0.3 is 16.3 Å². The molecule has 0 aliphatic rings. The quantitative estimate of drug-likeness (QED) is 0.611. The molecule has 0 fully saturated rings. The van der Waals surface area contributed by atoms with Gasteiger partial charge in [-0.3, -0.25) is 4.55 Å². The van der Waals surface area contributed by atoms with Crippen LogP contribution in [0.2, 0.25) is 0 Å². The first-order valence-corrected chi connectivity index (χ1v) is 6.64. The zero-order valence-electron chi connectivity index (χ0n) is 10.1. The van der Waals surface area contributed by atoms with Gasteiger partial charge in [-0.15, -0.1) is 0 Å². The third-order valence-electron chi connectivity index (χ3n) is 2.35. The zero-order valence-corrected chi connectivity index (χ0v) is 10.9. The van der Waals surface area contributed by atoms with Gasteiger partial charge in [0.15, 0.2) is 6.17 Å². The number of hydrogen-bond donors (Lipinski definition) is 2. The van der Waals surface area contributed by atoms with E-state index in [2.05, 4.69) is 0 Å². The Morgan fingerprint density at radius 1 is 1.29 bits per heavy atom. The van der Waals surface area contributed by atoms with Crippen LogP contribution < -0.4 is 4.31 Å². The predicted molar refractivity (Wildman–Crippen MR) is 63.2 cm³/mol. The maximum atomic E-state index is 13.1. The fourth-order valence-electron chi connectivity index (χ4n) is 1.45. The first kappa shape index (κ1) is 17.2. The summed E-state index contributed by atoms with van der Waals surface area (Å²) in [5.74, 6) is -2.82. The van der Waals surface area contributed by atoms with E-state index in [9.17, 15) is 30.8 Å². The molecule has 0 radical (unpaired) electrons. The fourth-order valence-corrected chi connectivity index (χ4v) is 2.18. The van der Waals surface area contributed by atoms with E-state index >= 15 is 0 Å². The van der Waals surface area contributed by atoms with Crippen LogP contribution in [0.15, 0.2) is 18.2 Å². The second-order valence-electron chi connectivity index (χ2n) is 3.83. The number of rotatable bonds is 6. The lowest BCUT2D eigenvalue weighted by Gasteiger charge is -2.23. The number of alkyl halides is 3. The van der Waals surface area contributed by atoms with Gasteiger partial charge in [-0.1, -0.05) is 0 Å². The number of halogens is 4. The number of aromatic carboxylic acids is 1. The molecule has 118 valence electrons. The highest BCUT2D eigenvalue weighted by Gasteiger charge is 2.31. The Labute approximate surface area is 116 Å². The molecule has 21 heavy (non-hydrogen) atoms. The molecule has 2 N–H and O–H groups in total. The van der Waals surface area contributed by atoms with E-state index < -0.39 is 52.5 Å². The molecule has 0 spiro atoms. The summed E-state index contributed by atoms with van der Waals surface area (Å²) in [5, 5.41) is 8.85. The van der Waals surface area contributed by atoms with Crippen molar-refractivity contribution in [2.75, 3.05) is 10.8 Å². The molecular formula is C10H9F4NO5S. The van der Waals surface area contributed by atoms with Gasteiger partial charge in [-0.25, -0.2) is 26.7 Å². The molecule has 0 aliphatic carbocycles. The van der Waals surface area contributed by atoms with Gasteiger partial charge in [0.1, 0.15) is 5.82 Å². The van der Waals surface area contributed by atoms with Gasteiger partial charge in [-0.2, -0.15) is 8.42 Å². The van der Waals surface area contributed by atoms with E-state index in [4.69, 9.17) is 9.66 Å². The Hall–Kier alpha value is -1.88. The van der Waals surface area contributed by atoms with Crippen LogP contribution in [0.5, 0.6) is 0 Å². The number of hydrogen-bond acceptors (Lipinski definition) is 3. The molecule has 1 rings (SSSR count). The van der Waals surface area contributed by atoms with Crippen LogP contribution in [0, 0.1) is 5.82 Å². The van der Waals surface area contributed by atoms with Crippen molar-refractivity contribution in [3.05, 3.63) is 29.6 Å². The molecule has 1 aromatic rings. The highest BCUT2D eigenvalue weighted by molar-refractivity contribution is 7.87. The minimum atomic E-state index is -5.29. The van der Waals surface area contributed by atoms with Gasteiger partial charge in [0.2, 0.25) is 0 Å². The SMILES string of the molecule is O=C(O)c1ccc(F)cc1N(CC(F)C(F)F)S(=O)(=O)O. The summed E-state index contributed by atoms with van der Waals surface area (Å²) in [7, 11) is -5.29. The van der Waals surface area contributed by atoms with Crippen molar-refractivity contribution >= 4 is 22.0 Å². The van der Waals surface area contributed by atoms with Crippen LogP contribution in [-0.2, 0) is 10.3 Å². The van der Waals surface area contributed by atoms with E-state index in [0.717, 1.165) is 0 Å². The number of carboxylic acid groups (broad SMARTS) is 1. The fraction of sp³-hybridized carbons (Fsp3) is 0.300. The molecule has 11 heteroatoms. The maximum Gasteiger partial charge on any atom is 0.360 e. The van der Waals surface area contributed by atoms with Crippen molar-refractivity contribution in [1.29, 1.82) is 0 Å². The van der Waals surface area contributed by atoms with Crippen LogP contribution in [0.4, 0.5) is 23.2 Å². The topological polar surface area (TPSA) is 94.9 Å². The molecule has 0 aromatic heterocycles. The van der Waals surface area contributed by atoms with Crippen molar-refractivity contribution < 1.29 is 40.4 Å². The standard InChI is InChI=1S/C10H9F4NO5S/c11-5-1-2-6(10(16)17)8(3-5)15(21(18,19)20)4-7(12)9(13)14/h1-3,7,9H,4H2,(H,16,17)(H,18,19,20). The lowest BCUT2D eigenvalue weighted by Crippen LogP contribution is -2.39. The average molecular weight is 331 g/mol. The third kappa shape index (κ3) is 4.29. The Kier molecular flexibility index (Phi) is 5.12. The smallest absolute Gasteiger partial charge is 0.360 e. The Balaban J connectivity index is 3.40. The largest absolute Gasteiger partial charge is 0.478 e. The molecule has 0 saturated heterocycles. The summed E-state index contributed by atoms with van der Waals surface area (Å²) in [6, 6.07) is 1.70. The van der Waals surface area contributed by atoms with E-state index in [1.54, 1.807) is 0 Å². The Bertz CT molecular complexity index is 636. The number of carboxylic acids is 1. The highest BCUT2D eigenvalue weighted by Crippen LogP contribution is 2.26. The maximum absolute atomic E-state index is 13.1. The average Bonchev–Trinajstić information content (AvgIpc) is 2.33. The summed E-state index contributed by atoms with van der Waals surface area (Å²) < 4.78 is 81.3. The monoisotopic (exact) mass is 331 g/mol. The normalized spacial score (nSPS) is 13.2. The molecule has 0 saturated carbocycles. The van der Waals surface area contributed by atoms with Gasteiger partial charge < -0.3 is 5.11 Å². The molecule has 1 unspecified atom stereocenters. The van der Waals surface area contributed by atoms with Crippen LogP contribution in [0.1, 0.15) is 10.4 Å². The number of carbonyl (C=O) groups is 1. The van der Waals surface area contributed by atoms with Crippen molar-refractivity contribution in [3.8, 4) is 0 Å². The summed E-state index contributed by atoms with van der Waals surface area (Å²) in [6.45, 7) is -1.57. The van der Waals surface area contributed by atoms with Crippen molar-refractivity contribution in [1.82, 2.24) is 0 Å². The van der Waals surface area contributed by atoms with E-state index in [1.807, 2.05) is 0 Å². The minimum absolute atomic E-state index is 0.337. The second-order valence-corrected chi connectivity index (χ2v) is 5.16. The molecule has 0 bridgehead atoms. The molecule has 6 nitrogen and oxygen atoms in total. The second kappa shape index (κ2) is 6.26. The molecule has 0 heterocycles. The number of benzene rings is 1. The van der Waals surface area contributed by atoms with Crippen LogP contribution in [0.25, 0.3) is 0 Å². The first-order valence-electron chi connectivity index (χ1n) is 5.24. The van der Waals surface area contributed by atoms with Gasteiger partial charge in [0, 0.05) is 0 Å². The van der Waals surface area contributed by atoms with Crippen LogP contribution >= 0.6 is 0 Å². The first-order chi connectivity index (χ1) is 9.54. The summed E-state index contributed by atoms with van der Waals surface area (Å²) >= 11 is 0. The van der Waals surface area contributed by atoms with E-state index in [1.165, 1.54) is 0 Å². The molecule has 0 aliphatic heterocycles. The zero-order chi connectivity index (χ0) is 16.4. The minimum Gasteiger partial charge on any atom is -0.478 e. The molecule has 0 amide bonds. The van der Waals surface area contributed by atoms with Crippen LogP contribution in [-0.4, -0.2) is 43.2 Å². The Morgan fingerprint density at radius 2 is 1.86 bits per heavy atom. The highest BCUT2D eigenvalue weighted by atomic mass is 32.2. The van der Waals surface area contributed by atoms with E-state index in [0.29, 0.717) is 18.2 Å².